The molecule has 0 aromatic heterocycles. The van der Waals surface area contributed by atoms with Crippen molar-refractivity contribution in [1.29, 1.82) is 5.26 Å². The Morgan fingerprint density at radius 3 is 2.35 bits per heavy atom. The molecule has 0 bridgehead atoms. The number of halogens is 1. The molecule has 0 unspecified atom stereocenters. The van der Waals surface area contributed by atoms with Gasteiger partial charge in [0.25, 0.3) is 5.91 Å². The van der Waals surface area contributed by atoms with Crippen LogP contribution in [0.2, 0.25) is 0 Å². The molecule has 2 aromatic rings. The summed E-state index contributed by atoms with van der Waals surface area (Å²) in [6.45, 7) is 2.99. The zero-order valence-corrected chi connectivity index (χ0v) is 14.2. The van der Waals surface area contributed by atoms with Gasteiger partial charge in [0.05, 0.1) is 11.6 Å². The van der Waals surface area contributed by atoms with Crippen molar-refractivity contribution in [2.75, 3.05) is 31.1 Å². The number of rotatable bonds is 2. The molecule has 0 radical (unpaired) electrons. The maximum Gasteiger partial charge on any atom is 0.254 e. The number of benzene rings is 2. The van der Waals surface area contributed by atoms with E-state index in [-0.39, 0.29) is 5.91 Å². The van der Waals surface area contributed by atoms with Gasteiger partial charge in [-0.05, 0) is 42.5 Å². The van der Waals surface area contributed by atoms with Gasteiger partial charge in [-0.15, -0.1) is 0 Å². The first-order valence-electron chi connectivity index (χ1n) is 7.47. The lowest BCUT2D eigenvalue weighted by Crippen LogP contribution is -2.48. The number of hydrogen-bond acceptors (Lipinski definition) is 3. The predicted molar refractivity (Wildman–Crippen MR) is 93.4 cm³/mol. The van der Waals surface area contributed by atoms with Crippen molar-refractivity contribution in [3.8, 4) is 6.07 Å². The van der Waals surface area contributed by atoms with Crippen LogP contribution in [0, 0.1) is 11.3 Å². The van der Waals surface area contributed by atoms with Gasteiger partial charge in [0.2, 0.25) is 0 Å². The molecule has 23 heavy (non-hydrogen) atoms. The van der Waals surface area contributed by atoms with Gasteiger partial charge in [0.15, 0.2) is 0 Å². The molecule has 0 saturated carbocycles. The van der Waals surface area contributed by atoms with Crippen molar-refractivity contribution in [2.24, 2.45) is 0 Å². The highest BCUT2D eigenvalue weighted by molar-refractivity contribution is 9.10. The lowest BCUT2D eigenvalue weighted by Gasteiger charge is -2.36. The number of carbonyl (C=O) groups is 1. The average molecular weight is 370 g/mol. The molecule has 5 heteroatoms. The van der Waals surface area contributed by atoms with Crippen LogP contribution < -0.4 is 4.90 Å². The average Bonchev–Trinajstić information content (AvgIpc) is 2.61. The standard InChI is InChI=1S/C18H16BrN3O/c19-16-3-1-2-15(12-16)18(23)22-10-8-21(9-11-22)17-6-4-14(13-20)5-7-17/h1-7,12H,8-11H2. The molecule has 1 amide bonds. The maximum atomic E-state index is 12.5. The van der Waals surface area contributed by atoms with Gasteiger partial charge in [-0.3, -0.25) is 4.79 Å². The van der Waals surface area contributed by atoms with E-state index in [9.17, 15) is 4.79 Å². The van der Waals surface area contributed by atoms with Gasteiger partial charge >= 0.3 is 0 Å². The van der Waals surface area contributed by atoms with Crippen LogP contribution >= 0.6 is 15.9 Å². The lowest BCUT2D eigenvalue weighted by molar-refractivity contribution is 0.0746. The molecule has 1 aliphatic heterocycles. The summed E-state index contributed by atoms with van der Waals surface area (Å²) >= 11 is 3.40. The number of carbonyl (C=O) groups excluding carboxylic acids is 1. The van der Waals surface area contributed by atoms with Crippen LogP contribution in [0.3, 0.4) is 0 Å². The molecule has 0 aliphatic carbocycles. The predicted octanol–water partition coefficient (Wildman–Crippen LogP) is 3.28. The van der Waals surface area contributed by atoms with E-state index in [1.165, 1.54) is 0 Å². The van der Waals surface area contributed by atoms with E-state index < -0.39 is 0 Å². The summed E-state index contributed by atoms with van der Waals surface area (Å²) in [6.07, 6.45) is 0. The van der Waals surface area contributed by atoms with Crippen LogP contribution in [0.5, 0.6) is 0 Å². The molecule has 2 aromatic carbocycles. The highest BCUT2D eigenvalue weighted by Gasteiger charge is 2.22. The third-order valence-corrected chi connectivity index (χ3v) is 4.49. The van der Waals surface area contributed by atoms with E-state index in [0.717, 1.165) is 23.2 Å². The minimum atomic E-state index is 0.0748. The molecule has 1 fully saturated rings. The van der Waals surface area contributed by atoms with Crippen LogP contribution in [0.4, 0.5) is 5.69 Å². The van der Waals surface area contributed by atoms with Crippen LogP contribution in [0.15, 0.2) is 53.0 Å². The molecule has 3 rings (SSSR count). The second kappa shape index (κ2) is 6.84. The Morgan fingerprint density at radius 2 is 1.74 bits per heavy atom. The van der Waals surface area contributed by atoms with E-state index in [2.05, 4.69) is 26.9 Å². The van der Waals surface area contributed by atoms with E-state index in [1.54, 1.807) is 0 Å². The van der Waals surface area contributed by atoms with Gasteiger partial charge in [-0.25, -0.2) is 0 Å². The zero-order chi connectivity index (χ0) is 16.2. The fourth-order valence-corrected chi connectivity index (χ4v) is 3.12. The largest absolute Gasteiger partial charge is 0.368 e. The fraction of sp³-hybridized carbons (Fsp3) is 0.222. The molecule has 0 N–H and O–H groups in total. The Balaban J connectivity index is 1.64. The minimum absolute atomic E-state index is 0.0748. The zero-order valence-electron chi connectivity index (χ0n) is 12.6. The molecule has 0 spiro atoms. The summed E-state index contributed by atoms with van der Waals surface area (Å²) in [4.78, 5) is 16.7. The van der Waals surface area contributed by atoms with Gasteiger partial charge < -0.3 is 9.80 Å². The molecule has 1 saturated heterocycles. The van der Waals surface area contributed by atoms with E-state index >= 15 is 0 Å². The Kier molecular flexibility index (Phi) is 4.63. The van der Waals surface area contributed by atoms with Crippen molar-refractivity contribution in [2.45, 2.75) is 0 Å². The van der Waals surface area contributed by atoms with Crippen molar-refractivity contribution in [3.63, 3.8) is 0 Å². The van der Waals surface area contributed by atoms with Crippen molar-refractivity contribution < 1.29 is 4.79 Å². The minimum Gasteiger partial charge on any atom is -0.368 e. The topological polar surface area (TPSA) is 47.3 Å². The Labute approximate surface area is 144 Å². The van der Waals surface area contributed by atoms with E-state index in [1.807, 2.05) is 53.4 Å². The van der Waals surface area contributed by atoms with Crippen molar-refractivity contribution in [1.82, 2.24) is 4.90 Å². The molecule has 1 heterocycles. The first kappa shape index (κ1) is 15.6. The first-order chi connectivity index (χ1) is 11.2. The van der Waals surface area contributed by atoms with Gasteiger partial charge in [0.1, 0.15) is 0 Å². The SMILES string of the molecule is N#Cc1ccc(N2CCN(C(=O)c3cccc(Br)c3)CC2)cc1. The monoisotopic (exact) mass is 369 g/mol. The highest BCUT2D eigenvalue weighted by atomic mass is 79.9. The number of nitriles is 1. The summed E-state index contributed by atoms with van der Waals surface area (Å²) in [6, 6.07) is 17.2. The number of piperazine rings is 1. The summed E-state index contributed by atoms with van der Waals surface area (Å²) in [5.74, 6) is 0.0748. The number of anilines is 1. The Hall–Kier alpha value is -2.32. The lowest BCUT2D eigenvalue weighted by atomic mass is 10.1. The number of amides is 1. The highest BCUT2D eigenvalue weighted by Crippen LogP contribution is 2.19. The van der Waals surface area contributed by atoms with E-state index in [0.29, 0.717) is 24.2 Å². The number of nitrogens with zero attached hydrogens (tertiary/aromatic N) is 3. The van der Waals surface area contributed by atoms with Crippen LogP contribution in [0.1, 0.15) is 15.9 Å². The number of hydrogen-bond donors (Lipinski definition) is 0. The van der Waals surface area contributed by atoms with Crippen LogP contribution in [-0.4, -0.2) is 37.0 Å². The molecular formula is C18H16BrN3O. The normalized spacial score (nSPS) is 14.4. The fourth-order valence-electron chi connectivity index (χ4n) is 2.72. The van der Waals surface area contributed by atoms with Gasteiger partial charge in [0, 0.05) is 41.9 Å². The summed E-state index contributed by atoms with van der Waals surface area (Å²) in [5, 5.41) is 8.85. The summed E-state index contributed by atoms with van der Waals surface area (Å²) in [7, 11) is 0. The molecule has 116 valence electrons. The Morgan fingerprint density at radius 1 is 1.04 bits per heavy atom. The smallest absolute Gasteiger partial charge is 0.254 e. The van der Waals surface area contributed by atoms with Gasteiger partial charge in [-0.2, -0.15) is 5.26 Å². The summed E-state index contributed by atoms with van der Waals surface area (Å²) in [5.41, 5.74) is 2.47. The third kappa shape index (κ3) is 3.54. The first-order valence-corrected chi connectivity index (χ1v) is 8.26. The second-order valence-electron chi connectivity index (χ2n) is 5.45. The van der Waals surface area contributed by atoms with Crippen LogP contribution in [0.25, 0.3) is 0 Å². The van der Waals surface area contributed by atoms with Crippen molar-refractivity contribution in [3.05, 3.63) is 64.1 Å². The molecule has 0 atom stereocenters. The van der Waals surface area contributed by atoms with Gasteiger partial charge in [-0.1, -0.05) is 22.0 Å². The maximum absolute atomic E-state index is 12.5. The van der Waals surface area contributed by atoms with Crippen LogP contribution in [-0.2, 0) is 0 Å². The quantitative estimate of drug-likeness (QED) is 0.815. The molecular weight excluding hydrogens is 354 g/mol. The second-order valence-corrected chi connectivity index (χ2v) is 6.36. The third-order valence-electron chi connectivity index (χ3n) is 4.00. The molecule has 1 aliphatic rings. The Bertz CT molecular complexity index is 744. The summed E-state index contributed by atoms with van der Waals surface area (Å²) < 4.78 is 0.916. The molecule has 4 nitrogen and oxygen atoms in total. The van der Waals surface area contributed by atoms with E-state index in [4.69, 9.17) is 5.26 Å². The van der Waals surface area contributed by atoms with Crippen molar-refractivity contribution >= 4 is 27.5 Å².